The smallest absolute Gasteiger partial charge is 0.326 e. The Labute approximate surface area is 241 Å². The number of hydrogen-bond donors (Lipinski definition) is 3. The van der Waals surface area contributed by atoms with Gasteiger partial charge in [0.05, 0.1) is 6.10 Å². The molecule has 40 heavy (non-hydrogen) atoms. The third-order valence-corrected chi connectivity index (χ3v) is 8.22. The first-order valence-electron chi connectivity index (χ1n) is 14.7. The number of benzene rings is 2. The lowest BCUT2D eigenvalue weighted by Gasteiger charge is -2.34. The molecule has 0 bridgehead atoms. The van der Waals surface area contributed by atoms with Crippen LogP contribution in [0.3, 0.4) is 0 Å². The van der Waals surface area contributed by atoms with E-state index in [1.54, 1.807) is 0 Å². The molecule has 0 aliphatic rings. The third-order valence-electron chi connectivity index (χ3n) is 8.22. The topological polar surface area (TPSA) is 95.9 Å². The molecule has 2 atom stereocenters. The van der Waals surface area contributed by atoms with Gasteiger partial charge in [0.2, 0.25) is 0 Å². The second-order valence-corrected chi connectivity index (χ2v) is 12.7. The second-order valence-electron chi connectivity index (χ2n) is 12.7. The molecule has 2 rings (SSSR count). The van der Waals surface area contributed by atoms with Crippen LogP contribution in [-0.4, -0.2) is 40.8 Å². The van der Waals surface area contributed by atoms with Crippen LogP contribution in [0, 0.1) is 25.2 Å². The lowest BCUT2D eigenvalue weighted by Crippen LogP contribution is -2.43. The summed E-state index contributed by atoms with van der Waals surface area (Å²) < 4.78 is 5.80. The fourth-order valence-corrected chi connectivity index (χ4v) is 5.41. The summed E-state index contributed by atoms with van der Waals surface area (Å²) in [6, 6.07) is 12.0. The van der Waals surface area contributed by atoms with Crippen LogP contribution in [-0.2, 0) is 21.4 Å². The third kappa shape index (κ3) is 8.57. The van der Waals surface area contributed by atoms with Crippen molar-refractivity contribution in [2.24, 2.45) is 11.3 Å². The standard InChI is InChI=1S/C34H51NO5/c1-10-34(11-2,26-14-12-25(23(5)19-26)13-17-30(36)33(7,8)9)27-15-16-29(24(6)20-27)40-21-31(37)35-28(32(38)39)18-22(3)4/h12,14-16,19-20,22,28,30,36H,10-11,13,17-18,21H2,1-9H3,(H,35,37)(H,38,39)/t28-,30?/m0/s1. The maximum atomic E-state index is 12.4. The predicted molar refractivity (Wildman–Crippen MR) is 162 cm³/mol. The number of carboxylic acid groups (broad SMARTS) is 1. The van der Waals surface area contributed by atoms with E-state index in [0.29, 0.717) is 12.2 Å². The van der Waals surface area contributed by atoms with Gasteiger partial charge in [0.15, 0.2) is 6.61 Å². The number of nitrogens with one attached hydrogen (secondary N) is 1. The number of hydrogen-bond acceptors (Lipinski definition) is 4. The number of aliphatic carboxylic acids is 1. The zero-order valence-corrected chi connectivity index (χ0v) is 26.1. The van der Waals surface area contributed by atoms with E-state index in [9.17, 15) is 19.8 Å². The summed E-state index contributed by atoms with van der Waals surface area (Å²) in [5.74, 6) is -0.724. The molecule has 0 saturated heterocycles. The number of carboxylic acids is 1. The molecule has 0 aliphatic heterocycles. The molecule has 1 unspecified atom stereocenters. The van der Waals surface area contributed by atoms with Crippen molar-refractivity contribution in [2.45, 2.75) is 112 Å². The molecule has 6 heteroatoms. The Morgan fingerprint density at radius 2 is 1.52 bits per heavy atom. The van der Waals surface area contributed by atoms with E-state index in [1.165, 1.54) is 22.3 Å². The molecule has 0 spiro atoms. The zero-order chi connectivity index (χ0) is 30.3. The lowest BCUT2D eigenvalue weighted by molar-refractivity contribution is -0.142. The van der Waals surface area contributed by atoms with E-state index in [4.69, 9.17) is 4.74 Å². The summed E-state index contributed by atoms with van der Waals surface area (Å²) in [4.78, 5) is 23.9. The Kier molecular flexibility index (Phi) is 11.8. The molecule has 2 aromatic rings. The number of aliphatic hydroxyl groups is 1. The first-order chi connectivity index (χ1) is 18.6. The average molecular weight is 554 g/mol. The first-order valence-corrected chi connectivity index (χ1v) is 14.7. The molecule has 3 N–H and O–H groups in total. The molecule has 222 valence electrons. The molecule has 0 heterocycles. The highest BCUT2D eigenvalue weighted by molar-refractivity contribution is 5.84. The summed E-state index contributed by atoms with van der Waals surface area (Å²) in [6.07, 6.45) is 3.47. The number of carbonyl (C=O) groups excluding carboxylic acids is 1. The second kappa shape index (κ2) is 14.2. The quantitative estimate of drug-likeness (QED) is 0.241. The highest BCUT2D eigenvalue weighted by atomic mass is 16.5. The molecule has 0 saturated carbocycles. The summed E-state index contributed by atoms with van der Waals surface area (Å²) in [5.41, 5.74) is 5.62. The van der Waals surface area contributed by atoms with Gasteiger partial charge in [-0.05, 0) is 91.2 Å². The van der Waals surface area contributed by atoms with Crippen molar-refractivity contribution >= 4 is 11.9 Å². The number of rotatable bonds is 14. The summed E-state index contributed by atoms with van der Waals surface area (Å²) in [6.45, 7) is 18.4. The highest BCUT2D eigenvalue weighted by Gasteiger charge is 2.32. The summed E-state index contributed by atoms with van der Waals surface area (Å²) >= 11 is 0. The van der Waals surface area contributed by atoms with E-state index < -0.39 is 17.9 Å². The number of amides is 1. The van der Waals surface area contributed by atoms with Crippen LogP contribution in [0.4, 0.5) is 0 Å². The predicted octanol–water partition coefficient (Wildman–Crippen LogP) is 6.74. The van der Waals surface area contributed by atoms with Crippen LogP contribution in [0.1, 0.15) is 102 Å². The van der Waals surface area contributed by atoms with Gasteiger partial charge in [-0.15, -0.1) is 0 Å². The van der Waals surface area contributed by atoms with Gasteiger partial charge in [-0.1, -0.05) is 78.8 Å². The average Bonchev–Trinajstić information content (AvgIpc) is 2.87. The van der Waals surface area contributed by atoms with Crippen LogP contribution < -0.4 is 10.1 Å². The Bertz CT molecular complexity index is 1140. The monoisotopic (exact) mass is 553 g/mol. The van der Waals surface area contributed by atoms with Gasteiger partial charge >= 0.3 is 5.97 Å². The Hall–Kier alpha value is -2.86. The largest absolute Gasteiger partial charge is 0.484 e. The van der Waals surface area contributed by atoms with Gasteiger partial charge in [0.25, 0.3) is 5.91 Å². The van der Waals surface area contributed by atoms with Crippen molar-refractivity contribution in [3.05, 3.63) is 64.2 Å². The number of aliphatic hydroxyl groups excluding tert-OH is 1. The Morgan fingerprint density at radius 3 is 2.00 bits per heavy atom. The van der Waals surface area contributed by atoms with Crippen LogP contribution in [0.15, 0.2) is 36.4 Å². The van der Waals surface area contributed by atoms with E-state index >= 15 is 0 Å². The maximum absolute atomic E-state index is 12.4. The number of ether oxygens (including phenoxy) is 1. The molecule has 0 aromatic heterocycles. The van der Waals surface area contributed by atoms with Crippen molar-refractivity contribution < 1.29 is 24.5 Å². The van der Waals surface area contributed by atoms with Crippen LogP contribution in [0.2, 0.25) is 0 Å². The van der Waals surface area contributed by atoms with Gasteiger partial charge in [-0.2, -0.15) is 0 Å². The fraction of sp³-hybridized carbons (Fsp3) is 0.588. The van der Waals surface area contributed by atoms with Crippen molar-refractivity contribution in [3.8, 4) is 5.75 Å². The molecule has 0 aliphatic carbocycles. The number of aryl methyl sites for hydroxylation is 3. The SMILES string of the molecule is CCC(CC)(c1ccc(CCC(O)C(C)(C)C)c(C)c1)c1ccc(OCC(=O)N[C@@H](CC(C)C)C(=O)O)c(C)c1. The van der Waals surface area contributed by atoms with Gasteiger partial charge in [0.1, 0.15) is 11.8 Å². The maximum Gasteiger partial charge on any atom is 0.326 e. The van der Waals surface area contributed by atoms with Crippen LogP contribution in [0.5, 0.6) is 5.75 Å². The highest BCUT2D eigenvalue weighted by Crippen LogP contribution is 2.41. The fourth-order valence-electron chi connectivity index (χ4n) is 5.41. The molecule has 6 nitrogen and oxygen atoms in total. The molecular weight excluding hydrogens is 502 g/mol. The van der Waals surface area contributed by atoms with Gasteiger partial charge in [0, 0.05) is 5.41 Å². The van der Waals surface area contributed by atoms with E-state index in [0.717, 1.165) is 31.2 Å². The van der Waals surface area contributed by atoms with Crippen molar-refractivity contribution in [1.82, 2.24) is 5.32 Å². The van der Waals surface area contributed by atoms with Gasteiger partial charge in [-0.25, -0.2) is 4.79 Å². The van der Waals surface area contributed by atoms with Crippen molar-refractivity contribution in [2.75, 3.05) is 6.61 Å². The van der Waals surface area contributed by atoms with Gasteiger partial charge in [-0.3, -0.25) is 4.79 Å². The van der Waals surface area contributed by atoms with Gasteiger partial charge < -0.3 is 20.3 Å². The molecular formula is C34H51NO5. The Balaban J connectivity index is 2.21. The normalized spacial score (nSPS) is 13.7. The lowest BCUT2D eigenvalue weighted by atomic mass is 9.69. The van der Waals surface area contributed by atoms with E-state index in [-0.39, 0.29) is 29.5 Å². The Morgan fingerprint density at radius 1 is 0.950 bits per heavy atom. The van der Waals surface area contributed by atoms with E-state index in [1.807, 2.05) is 26.8 Å². The zero-order valence-electron chi connectivity index (χ0n) is 26.1. The minimum atomic E-state index is -1.04. The van der Waals surface area contributed by atoms with E-state index in [2.05, 4.69) is 77.2 Å². The summed E-state index contributed by atoms with van der Waals surface area (Å²) in [5, 5.41) is 22.5. The number of carbonyl (C=O) groups is 2. The molecule has 0 fully saturated rings. The molecule has 2 aromatic carbocycles. The first kappa shape index (κ1) is 33.3. The molecule has 1 amide bonds. The van der Waals surface area contributed by atoms with Crippen LogP contribution in [0.25, 0.3) is 0 Å². The van der Waals surface area contributed by atoms with Crippen LogP contribution >= 0.6 is 0 Å². The van der Waals surface area contributed by atoms with Crippen molar-refractivity contribution in [1.29, 1.82) is 0 Å². The minimum absolute atomic E-state index is 0.125. The minimum Gasteiger partial charge on any atom is -0.484 e. The van der Waals surface area contributed by atoms with Crippen molar-refractivity contribution in [3.63, 3.8) is 0 Å². The molecule has 0 radical (unpaired) electrons. The summed E-state index contributed by atoms with van der Waals surface area (Å²) in [7, 11) is 0.